The lowest BCUT2D eigenvalue weighted by atomic mass is 10.1. The zero-order chi connectivity index (χ0) is 21.0. The molecule has 9 heteroatoms. The second kappa shape index (κ2) is 9.04. The number of aryl methyl sites for hydroxylation is 3. The molecule has 1 aromatic heterocycles. The first-order valence-electron chi connectivity index (χ1n) is 10.0. The van der Waals surface area contributed by atoms with E-state index in [0.717, 1.165) is 52.9 Å². The molecule has 1 aliphatic heterocycles. The zero-order valence-corrected chi connectivity index (χ0v) is 18.1. The number of rotatable bonds is 7. The summed E-state index contributed by atoms with van der Waals surface area (Å²) in [6.07, 6.45) is 4.97. The Morgan fingerprint density at radius 2 is 1.97 bits per heavy atom. The fourth-order valence-corrected chi connectivity index (χ4v) is 4.65. The SMILES string of the molecule is Cc1ccc(S(=O)(=O)N(C)CC(=O)NCCc2nnc3n2CCCCC3)cc1C. The highest BCUT2D eigenvalue weighted by atomic mass is 32.2. The van der Waals surface area contributed by atoms with Gasteiger partial charge in [-0.25, -0.2) is 8.42 Å². The maximum Gasteiger partial charge on any atom is 0.243 e. The van der Waals surface area contributed by atoms with Gasteiger partial charge in [0.05, 0.1) is 11.4 Å². The van der Waals surface area contributed by atoms with E-state index >= 15 is 0 Å². The summed E-state index contributed by atoms with van der Waals surface area (Å²) < 4.78 is 28.6. The average molecular weight is 420 g/mol. The van der Waals surface area contributed by atoms with Crippen molar-refractivity contribution in [1.29, 1.82) is 0 Å². The third-order valence-corrected chi connectivity index (χ3v) is 7.21. The van der Waals surface area contributed by atoms with Crippen LogP contribution in [0.2, 0.25) is 0 Å². The molecule has 1 aliphatic rings. The molecule has 1 aromatic carbocycles. The molecule has 3 rings (SSSR count). The molecule has 8 nitrogen and oxygen atoms in total. The molecule has 29 heavy (non-hydrogen) atoms. The molecule has 0 bridgehead atoms. The Morgan fingerprint density at radius 3 is 2.72 bits per heavy atom. The quantitative estimate of drug-likeness (QED) is 0.735. The zero-order valence-electron chi connectivity index (χ0n) is 17.3. The summed E-state index contributed by atoms with van der Waals surface area (Å²) in [7, 11) is -2.29. The van der Waals surface area contributed by atoms with E-state index < -0.39 is 10.0 Å². The van der Waals surface area contributed by atoms with E-state index in [4.69, 9.17) is 0 Å². The second-order valence-electron chi connectivity index (χ2n) is 7.60. The number of likely N-dealkylation sites (N-methyl/N-ethyl adjacent to an activating group) is 1. The molecule has 0 spiro atoms. The Balaban J connectivity index is 1.54. The number of amides is 1. The Hall–Kier alpha value is -2.26. The van der Waals surface area contributed by atoms with Crippen LogP contribution in [0.3, 0.4) is 0 Å². The molecule has 0 atom stereocenters. The van der Waals surface area contributed by atoms with Crippen molar-refractivity contribution < 1.29 is 13.2 Å². The predicted octanol–water partition coefficient (Wildman–Crippen LogP) is 1.60. The molecule has 1 amide bonds. The highest BCUT2D eigenvalue weighted by Gasteiger charge is 2.23. The molecule has 0 saturated heterocycles. The minimum Gasteiger partial charge on any atom is -0.355 e. The van der Waals surface area contributed by atoms with Crippen LogP contribution in [-0.4, -0.2) is 53.5 Å². The monoisotopic (exact) mass is 419 g/mol. The first-order valence-corrected chi connectivity index (χ1v) is 11.4. The second-order valence-corrected chi connectivity index (χ2v) is 9.65. The third-order valence-electron chi connectivity index (χ3n) is 5.41. The molecular weight excluding hydrogens is 390 g/mol. The number of hydrogen-bond donors (Lipinski definition) is 1. The topological polar surface area (TPSA) is 97.2 Å². The number of nitrogens with zero attached hydrogens (tertiary/aromatic N) is 4. The van der Waals surface area contributed by atoms with Gasteiger partial charge in [0.15, 0.2) is 0 Å². The summed E-state index contributed by atoms with van der Waals surface area (Å²) in [5, 5.41) is 11.3. The van der Waals surface area contributed by atoms with Crippen LogP contribution in [0.1, 0.15) is 42.0 Å². The number of carbonyl (C=O) groups excluding carboxylic acids is 1. The Morgan fingerprint density at radius 1 is 1.17 bits per heavy atom. The van der Waals surface area contributed by atoms with Crippen LogP contribution >= 0.6 is 0 Å². The first kappa shape index (κ1) is 21.4. The lowest BCUT2D eigenvalue weighted by Crippen LogP contribution is -2.39. The standard InChI is InChI=1S/C20H29N5O3S/c1-15-8-9-17(13-16(15)2)29(27,28)24(3)14-20(26)21-11-10-19-23-22-18-7-5-4-6-12-25(18)19/h8-9,13H,4-7,10-12,14H2,1-3H3,(H,21,26). The van der Waals surface area contributed by atoms with E-state index in [1.165, 1.54) is 13.5 Å². The first-order chi connectivity index (χ1) is 13.8. The van der Waals surface area contributed by atoms with Crippen LogP contribution < -0.4 is 5.32 Å². The van der Waals surface area contributed by atoms with Crippen LogP contribution in [-0.2, 0) is 34.2 Å². The van der Waals surface area contributed by atoms with Gasteiger partial charge in [-0.15, -0.1) is 10.2 Å². The van der Waals surface area contributed by atoms with Crippen LogP contribution in [0.5, 0.6) is 0 Å². The number of nitrogens with one attached hydrogen (secondary N) is 1. The number of carbonyl (C=O) groups is 1. The molecule has 1 N–H and O–H groups in total. The number of sulfonamides is 1. The van der Waals surface area contributed by atoms with Gasteiger partial charge in [-0.3, -0.25) is 4.79 Å². The fraction of sp³-hybridized carbons (Fsp3) is 0.550. The minimum atomic E-state index is -3.71. The number of benzene rings is 1. The van der Waals surface area contributed by atoms with E-state index in [-0.39, 0.29) is 17.3 Å². The normalized spacial score (nSPS) is 14.5. The lowest BCUT2D eigenvalue weighted by Gasteiger charge is -2.17. The van der Waals surface area contributed by atoms with Crippen LogP contribution in [0.25, 0.3) is 0 Å². The van der Waals surface area contributed by atoms with Gasteiger partial charge in [0, 0.05) is 33.0 Å². The molecule has 0 saturated carbocycles. The van der Waals surface area contributed by atoms with E-state index in [0.29, 0.717) is 13.0 Å². The van der Waals surface area contributed by atoms with Gasteiger partial charge >= 0.3 is 0 Å². The number of hydrogen-bond acceptors (Lipinski definition) is 5. The van der Waals surface area contributed by atoms with Gasteiger partial charge < -0.3 is 9.88 Å². The number of aromatic nitrogens is 3. The van der Waals surface area contributed by atoms with Gasteiger partial charge in [0.25, 0.3) is 0 Å². The summed E-state index contributed by atoms with van der Waals surface area (Å²) in [5.74, 6) is 1.55. The highest BCUT2D eigenvalue weighted by Crippen LogP contribution is 2.18. The van der Waals surface area contributed by atoms with E-state index in [1.54, 1.807) is 18.2 Å². The van der Waals surface area contributed by atoms with Crippen LogP contribution in [0.4, 0.5) is 0 Å². The smallest absolute Gasteiger partial charge is 0.243 e. The van der Waals surface area contributed by atoms with Gasteiger partial charge in [-0.2, -0.15) is 4.31 Å². The van der Waals surface area contributed by atoms with Crippen molar-refractivity contribution >= 4 is 15.9 Å². The maximum absolute atomic E-state index is 12.7. The van der Waals surface area contributed by atoms with Crippen molar-refractivity contribution in [3.63, 3.8) is 0 Å². The Kier molecular flexibility index (Phi) is 6.69. The molecular formula is C20H29N5O3S. The molecule has 0 radical (unpaired) electrons. The van der Waals surface area contributed by atoms with Gasteiger partial charge in [0.1, 0.15) is 11.6 Å². The Labute approximate surface area is 172 Å². The highest BCUT2D eigenvalue weighted by molar-refractivity contribution is 7.89. The molecule has 158 valence electrons. The molecule has 2 heterocycles. The van der Waals surface area contributed by atoms with Gasteiger partial charge in [-0.1, -0.05) is 12.5 Å². The van der Waals surface area contributed by atoms with Crippen molar-refractivity contribution in [2.24, 2.45) is 0 Å². The van der Waals surface area contributed by atoms with Crippen molar-refractivity contribution in [2.45, 2.75) is 57.4 Å². The molecule has 0 fully saturated rings. The van der Waals surface area contributed by atoms with Crippen molar-refractivity contribution in [2.75, 3.05) is 20.1 Å². The van der Waals surface area contributed by atoms with Crippen molar-refractivity contribution in [1.82, 2.24) is 24.4 Å². The molecule has 0 aliphatic carbocycles. The van der Waals surface area contributed by atoms with E-state index in [1.807, 2.05) is 13.8 Å². The van der Waals surface area contributed by atoms with E-state index in [2.05, 4.69) is 20.1 Å². The Bertz CT molecular complexity index is 984. The average Bonchev–Trinajstić information content (AvgIpc) is 2.90. The summed E-state index contributed by atoms with van der Waals surface area (Å²) in [4.78, 5) is 12.5. The largest absolute Gasteiger partial charge is 0.355 e. The summed E-state index contributed by atoms with van der Waals surface area (Å²) in [6, 6.07) is 4.98. The van der Waals surface area contributed by atoms with Crippen LogP contribution in [0, 0.1) is 13.8 Å². The fourth-order valence-electron chi connectivity index (χ4n) is 3.44. The number of fused-ring (bicyclic) bond motifs is 1. The minimum absolute atomic E-state index is 0.196. The predicted molar refractivity (Wildman–Crippen MR) is 110 cm³/mol. The summed E-state index contributed by atoms with van der Waals surface area (Å²) in [6.45, 7) is 4.88. The maximum atomic E-state index is 12.7. The molecule has 0 unspecified atom stereocenters. The third kappa shape index (κ3) is 5.02. The molecule has 2 aromatic rings. The van der Waals surface area contributed by atoms with Crippen molar-refractivity contribution in [3.8, 4) is 0 Å². The van der Waals surface area contributed by atoms with Crippen LogP contribution in [0.15, 0.2) is 23.1 Å². The lowest BCUT2D eigenvalue weighted by molar-refractivity contribution is -0.121. The van der Waals surface area contributed by atoms with Gasteiger partial charge in [0.2, 0.25) is 15.9 Å². The van der Waals surface area contributed by atoms with E-state index in [9.17, 15) is 13.2 Å². The van der Waals surface area contributed by atoms with Gasteiger partial charge in [-0.05, 0) is 49.9 Å². The summed E-state index contributed by atoms with van der Waals surface area (Å²) >= 11 is 0. The summed E-state index contributed by atoms with van der Waals surface area (Å²) in [5.41, 5.74) is 1.92. The van der Waals surface area contributed by atoms with Crippen molar-refractivity contribution in [3.05, 3.63) is 41.0 Å².